The Hall–Kier alpha value is -3.43. The predicted molar refractivity (Wildman–Crippen MR) is 154 cm³/mol. The zero-order valence-corrected chi connectivity index (χ0v) is 23.1. The van der Waals surface area contributed by atoms with Gasteiger partial charge in [-0.1, -0.05) is 47.2 Å². The smallest absolute Gasteiger partial charge is 0.267 e. The number of pyridine rings is 1. The molecule has 10 heteroatoms. The summed E-state index contributed by atoms with van der Waals surface area (Å²) < 4.78 is 0. The number of benzene rings is 1. The third-order valence-corrected chi connectivity index (χ3v) is 8.16. The number of piperazine rings is 1. The van der Waals surface area contributed by atoms with Gasteiger partial charge in [0.25, 0.3) is 5.91 Å². The van der Waals surface area contributed by atoms with Gasteiger partial charge in [-0.3, -0.25) is 9.59 Å². The highest BCUT2D eigenvalue weighted by atomic mass is 35.5. The first-order valence-corrected chi connectivity index (χ1v) is 14.0. The molecule has 1 aliphatic heterocycles. The molecule has 1 aromatic carbocycles. The number of nitrogens with zero attached hydrogens (tertiary/aromatic N) is 4. The number of carbonyl (C=O) groups is 2. The first-order valence-electron chi connectivity index (χ1n) is 12.9. The molecule has 0 spiro atoms. The van der Waals surface area contributed by atoms with Crippen LogP contribution in [0.2, 0.25) is 5.02 Å². The second kappa shape index (κ2) is 11.5. The van der Waals surface area contributed by atoms with Gasteiger partial charge in [-0.2, -0.15) is 0 Å². The SMILES string of the molecule is Cc1cccc(Cl)c1NC(=O)c1sc(Nc2cccc(N3CCN(C(=O)/C=C/CC4CC4)CC3)n2)nc1C. The molecule has 5 rings (SSSR count). The second-order valence-electron chi connectivity index (χ2n) is 9.72. The van der Waals surface area contributed by atoms with Crippen LogP contribution in [-0.4, -0.2) is 52.9 Å². The summed E-state index contributed by atoms with van der Waals surface area (Å²) >= 11 is 7.54. The number of para-hydroxylation sites is 1. The van der Waals surface area contributed by atoms with E-state index in [-0.39, 0.29) is 11.8 Å². The molecule has 1 saturated heterocycles. The third-order valence-electron chi connectivity index (χ3n) is 6.77. The van der Waals surface area contributed by atoms with Crippen molar-refractivity contribution in [1.29, 1.82) is 0 Å². The van der Waals surface area contributed by atoms with E-state index in [0.717, 1.165) is 36.8 Å². The minimum absolute atomic E-state index is 0.0948. The normalized spacial score (nSPS) is 15.7. The molecule has 3 heterocycles. The molecular weight excluding hydrogens is 520 g/mol. The summed E-state index contributed by atoms with van der Waals surface area (Å²) in [5.41, 5.74) is 2.12. The lowest BCUT2D eigenvalue weighted by Gasteiger charge is -2.35. The molecule has 2 N–H and O–H groups in total. The van der Waals surface area contributed by atoms with E-state index in [0.29, 0.717) is 45.3 Å². The Morgan fingerprint density at radius 1 is 1.08 bits per heavy atom. The van der Waals surface area contributed by atoms with Crippen LogP contribution in [-0.2, 0) is 4.79 Å². The fourth-order valence-electron chi connectivity index (χ4n) is 4.38. The van der Waals surface area contributed by atoms with Crippen LogP contribution < -0.4 is 15.5 Å². The molecule has 0 atom stereocenters. The van der Waals surface area contributed by atoms with Crippen molar-refractivity contribution in [3.05, 3.63) is 69.7 Å². The standard InChI is InChI=1S/C28H31ClN6O2S/c1-18-6-3-8-21(29)25(18)33-27(37)26-19(2)30-28(38-26)32-22-9-5-10-23(31-22)34-14-16-35(17-15-34)24(36)11-4-7-20-12-13-20/h3-6,8-11,20H,7,12-17H2,1-2H3,(H,33,37)(H,30,31,32)/b11-4+. The summed E-state index contributed by atoms with van der Waals surface area (Å²) in [5, 5.41) is 7.23. The van der Waals surface area contributed by atoms with E-state index < -0.39 is 0 Å². The van der Waals surface area contributed by atoms with Gasteiger partial charge in [0.15, 0.2) is 5.13 Å². The minimum Gasteiger partial charge on any atom is -0.353 e. The third kappa shape index (κ3) is 6.34. The van der Waals surface area contributed by atoms with Crippen molar-refractivity contribution in [3.63, 3.8) is 0 Å². The predicted octanol–water partition coefficient (Wildman–Crippen LogP) is 5.81. The molecule has 1 aliphatic carbocycles. The summed E-state index contributed by atoms with van der Waals surface area (Å²) in [5.74, 6) is 2.12. The first-order chi connectivity index (χ1) is 18.4. The van der Waals surface area contributed by atoms with Crippen molar-refractivity contribution >= 4 is 57.2 Å². The van der Waals surface area contributed by atoms with Crippen LogP contribution in [0.25, 0.3) is 0 Å². The number of halogens is 1. The van der Waals surface area contributed by atoms with Crippen LogP contribution >= 0.6 is 22.9 Å². The van der Waals surface area contributed by atoms with Crippen LogP contribution in [0.3, 0.4) is 0 Å². The van der Waals surface area contributed by atoms with E-state index in [1.807, 2.05) is 55.2 Å². The maximum atomic E-state index is 12.9. The lowest BCUT2D eigenvalue weighted by atomic mass is 10.2. The molecule has 2 amide bonds. The van der Waals surface area contributed by atoms with Gasteiger partial charge < -0.3 is 20.4 Å². The fraction of sp³-hybridized carbons (Fsp3) is 0.357. The highest BCUT2D eigenvalue weighted by Crippen LogP contribution is 2.32. The van der Waals surface area contributed by atoms with Crippen molar-refractivity contribution in [3.8, 4) is 0 Å². The topological polar surface area (TPSA) is 90.5 Å². The van der Waals surface area contributed by atoms with E-state index in [1.165, 1.54) is 24.2 Å². The van der Waals surface area contributed by atoms with Gasteiger partial charge in [0.05, 0.1) is 16.4 Å². The molecule has 8 nitrogen and oxygen atoms in total. The molecule has 0 unspecified atom stereocenters. The Labute approximate surface area is 231 Å². The molecule has 0 radical (unpaired) electrons. The number of amides is 2. The Balaban J connectivity index is 1.19. The zero-order valence-electron chi connectivity index (χ0n) is 21.5. The molecular formula is C28H31ClN6O2S. The van der Waals surface area contributed by atoms with Crippen molar-refractivity contribution < 1.29 is 9.59 Å². The largest absolute Gasteiger partial charge is 0.353 e. The van der Waals surface area contributed by atoms with Gasteiger partial charge in [0.2, 0.25) is 5.91 Å². The second-order valence-corrected chi connectivity index (χ2v) is 11.1. The average molecular weight is 551 g/mol. The minimum atomic E-state index is -0.249. The van der Waals surface area contributed by atoms with Crippen molar-refractivity contribution in [2.75, 3.05) is 41.7 Å². The molecule has 2 aliphatic rings. The van der Waals surface area contributed by atoms with Crippen LogP contribution in [0.4, 0.5) is 22.5 Å². The first kappa shape index (κ1) is 26.2. The molecule has 38 heavy (non-hydrogen) atoms. The summed E-state index contributed by atoms with van der Waals surface area (Å²) in [6, 6.07) is 11.3. The number of nitrogens with one attached hydrogen (secondary N) is 2. The number of hydrogen-bond donors (Lipinski definition) is 2. The maximum Gasteiger partial charge on any atom is 0.267 e. The number of hydrogen-bond acceptors (Lipinski definition) is 7. The van der Waals surface area contributed by atoms with Gasteiger partial charge in [-0.25, -0.2) is 9.97 Å². The highest BCUT2D eigenvalue weighted by molar-refractivity contribution is 7.17. The number of aryl methyl sites for hydroxylation is 2. The van der Waals surface area contributed by atoms with Crippen molar-refractivity contribution in [1.82, 2.24) is 14.9 Å². The lowest BCUT2D eigenvalue weighted by molar-refractivity contribution is -0.126. The van der Waals surface area contributed by atoms with Crippen molar-refractivity contribution in [2.45, 2.75) is 33.1 Å². The number of allylic oxidation sites excluding steroid dienone is 1. The Bertz CT molecular complexity index is 1340. The molecule has 3 aromatic rings. The summed E-state index contributed by atoms with van der Waals surface area (Å²) in [4.78, 5) is 39.3. The molecule has 0 bridgehead atoms. The van der Waals surface area contributed by atoms with Gasteiger partial charge in [0, 0.05) is 26.2 Å². The van der Waals surface area contributed by atoms with Crippen molar-refractivity contribution in [2.24, 2.45) is 5.92 Å². The molecule has 2 aromatic heterocycles. The Morgan fingerprint density at radius 2 is 1.84 bits per heavy atom. The van der Waals surface area contributed by atoms with Crippen LogP contribution in [0.15, 0.2) is 48.6 Å². The molecule has 2 fully saturated rings. The number of anilines is 4. The number of rotatable bonds is 8. The van der Waals surface area contributed by atoms with E-state index in [9.17, 15) is 9.59 Å². The fourth-order valence-corrected chi connectivity index (χ4v) is 5.51. The van der Waals surface area contributed by atoms with E-state index in [2.05, 4.69) is 20.5 Å². The van der Waals surface area contributed by atoms with Gasteiger partial charge in [-0.15, -0.1) is 0 Å². The van der Waals surface area contributed by atoms with E-state index in [1.54, 1.807) is 12.1 Å². The summed E-state index contributed by atoms with van der Waals surface area (Å²) in [6.07, 6.45) is 7.36. The van der Waals surface area contributed by atoms with Gasteiger partial charge in [0.1, 0.15) is 16.5 Å². The van der Waals surface area contributed by atoms with E-state index >= 15 is 0 Å². The van der Waals surface area contributed by atoms with Gasteiger partial charge >= 0.3 is 0 Å². The zero-order chi connectivity index (χ0) is 26.6. The number of thiazole rings is 1. The molecule has 1 saturated carbocycles. The summed E-state index contributed by atoms with van der Waals surface area (Å²) in [6.45, 7) is 6.49. The molecule has 198 valence electrons. The average Bonchev–Trinajstić information content (AvgIpc) is 3.66. The van der Waals surface area contributed by atoms with Gasteiger partial charge in [-0.05, 0) is 68.9 Å². The summed E-state index contributed by atoms with van der Waals surface area (Å²) in [7, 11) is 0. The highest BCUT2D eigenvalue weighted by Gasteiger charge is 2.23. The quantitative estimate of drug-likeness (QED) is 0.344. The number of aromatic nitrogens is 2. The monoisotopic (exact) mass is 550 g/mol. The maximum absolute atomic E-state index is 12.9. The lowest BCUT2D eigenvalue weighted by Crippen LogP contribution is -2.48. The Kier molecular flexibility index (Phi) is 7.95. The van der Waals surface area contributed by atoms with E-state index in [4.69, 9.17) is 16.6 Å². The Morgan fingerprint density at radius 3 is 2.58 bits per heavy atom. The van der Waals surface area contributed by atoms with Crippen LogP contribution in [0, 0.1) is 19.8 Å². The van der Waals surface area contributed by atoms with Crippen LogP contribution in [0.5, 0.6) is 0 Å². The number of carbonyl (C=O) groups excluding carboxylic acids is 2. The van der Waals surface area contributed by atoms with Crippen LogP contribution in [0.1, 0.15) is 40.2 Å².